The maximum absolute atomic E-state index is 9.78. The van der Waals surface area contributed by atoms with Crippen molar-refractivity contribution in [2.75, 3.05) is 13.2 Å². The van der Waals surface area contributed by atoms with Crippen LogP contribution in [0.25, 0.3) is 0 Å². The fourth-order valence-corrected chi connectivity index (χ4v) is 3.15. The summed E-state index contributed by atoms with van der Waals surface area (Å²) in [7, 11) is 0. The van der Waals surface area contributed by atoms with Crippen molar-refractivity contribution in [3.05, 3.63) is 35.9 Å². The van der Waals surface area contributed by atoms with Gasteiger partial charge in [-0.15, -0.1) is 0 Å². The minimum absolute atomic E-state index is 0.183. The summed E-state index contributed by atoms with van der Waals surface area (Å²) in [6, 6.07) is 11.3. The maximum Gasteiger partial charge on any atom is 0.0628 e. The van der Waals surface area contributed by atoms with Crippen LogP contribution in [0.1, 0.15) is 50.6 Å². The SMILES string of the molecule is CCC[C@@H]1CCCCN1[C@@H](CO)c1ccccc1. The van der Waals surface area contributed by atoms with Crippen molar-refractivity contribution in [2.24, 2.45) is 0 Å². The van der Waals surface area contributed by atoms with E-state index in [1.165, 1.54) is 37.7 Å². The first-order valence-corrected chi connectivity index (χ1v) is 7.28. The molecule has 1 aliphatic rings. The summed E-state index contributed by atoms with van der Waals surface area (Å²) >= 11 is 0. The lowest BCUT2D eigenvalue weighted by Gasteiger charge is -2.41. The van der Waals surface area contributed by atoms with Crippen molar-refractivity contribution in [2.45, 2.75) is 51.1 Å². The number of piperidine rings is 1. The smallest absolute Gasteiger partial charge is 0.0628 e. The summed E-state index contributed by atoms with van der Waals surface area (Å²) in [6.07, 6.45) is 6.38. The molecule has 2 heteroatoms. The third-order valence-electron chi connectivity index (χ3n) is 4.05. The van der Waals surface area contributed by atoms with Crippen LogP contribution in [0, 0.1) is 0 Å². The second-order valence-electron chi connectivity index (χ2n) is 5.29. The van der Waals surface area contributed by atoms with Gasteiger partial charge in [0.2, 0.25) is 0 Å². The van der Waals surface area contributed by atoms with Gasteiger partial charge in [-0.05, 0) is 31.4 Å². The average molecular weight is 247 g/mol. The van der Waals surface area contributed by atoms with Gasteiger partial charge in [0.05, 0.1) is 12.6 Å². The number of rotatable bonds is 5. The molecule has 0 saturated carbocycles. The van der Waals surface area contributed by atoms with Crippen LogP contribution in [0.3, 0.4) is 0 Å². The second kappa shape index (κ2) is 6.91. The minimum Gasteiger partial charge on any atom is -0.394 e. The summed E-state index contributed by atoms with van der Waals surface area (Å²) in [5.74, 6) is 0. The largest absolute Gasteiger partial charge is 0.394 e. The van der Waals surface area contributed by atoms with Gasteiger partial charge in [0.15, 0.2) is 0 Å². The number of nitrogens with zero attached hydrogens (tertiary/aromatic N) is 1. The molecule has 1 aliphatic heterocycles. The van der Waals surface area contributed by atoms with E-state index in [0.717, 1.165) is 6.54 Å². The van der Waals surface area contributed by atoms with Gasteiger partial charge in [0, 0.05) is 6.04 Å². The summed E-state index contributed by atoms with van der Waals surface area (Å²) in [4.78, 5) is 2.53. The highest BCUT2D eigenvalue weighted by Crippen LogP contribution is 2.30. The quantitative estimate of drug-likeness (QED) is 0.862. The molecule has 0 radical (unpaired) electrons. The standard InChI is InChI=1S/C16H25NO/c1-2-8-15-11-6-7-12-17(15)16(13-18)14-9-4-3-5-10-14/h3-5,9-10,15-16,18H,2,6-8,11-13H2,1H3/t15-,16+/m1/s1. The lowest BCUT2D eigenvalue weighted by Crippen LogP contribution is -2.43. The Kier molecular flexibility index (Phi) is 5.21. The average Bonchev–Trinajstić information content (AvgIpc) is 2.43. The number of hydrogen-bond acceptors (Lipinski definition) is 2. The molecule has 2 nitrogen and oxygen atoms in total. The van der Waals surface area contributed by atoms with Crippen molar-refractivity contribution < 1.29 is 5.11 Å². The zero-order valence-corrected chi connectivity index (χ0v) is 11.4. The lowest BCUT2D eigenvalue weighted by molar-refractivity contribution is 0.0521. The molecule has 0 unspecified atom stereocenters. The molecular weight excluding hydrogens is 222 g/mol. The van der Waals surface area contributed by atoms with Crippen LogP contribution in [-0.4, -0.2) is 29.2 Å². The van der Waals surface area contributed by atoms with Gasteiger partial charge in [-0.25, -0.2) is 0 Å². The molecule has 1 fully saturated rings. The van der Waals surface area contributed by atoms with Gasteiger partial charge in [-0.2, -0.15) is 0 Å². The third-order valence-corrected chi connectivity index (χ3v) is 4.05. The molecule has 100 valence electrons. The fraction of sp³-hybridized carbons (Fsp3) is 0.625. The summed E-state index contributed by atoms with van der Waals surface area (Å²) < 4.78 is 0. The lowest BCUT2D eigenvalue weighted by atomic mass is 9.94. The predicted molar refractivity (Wildman–Crippen MR) is 75.5 cm³/mol. The van der Waals surface area contributed by atoms with Gasteiger partial charge in [-0.1, -0.05) is 50.1 Å². The Hall–Kier alpha value is -0.860. The monoisotopic (exact) mass is 247 g/mol. The van der Waals surface area contributed by atoms with Gasteiger partial charge < -0.3 is 5.11 Å². The Morgan fingerprint density at radius 1 is 1.28 bits per heavy atom. The fourth-order valence-electron chi connectivity index (χ4n) is 3.15. The van der Waals surface area contributed by atoms with E-state index in [1.54, 1.807) is 0 Å². The summed E-state index contributed by atoms with van der Waals surface area (Å²) in [5.41, 5.74) is 1.25. The first-order chi connectivity index (χ1) is 8.86. The first-order valence-electron chi connectivity index (χ1n) is 7.28. The first kappa shape index (κ1) is 13.6. The van der Waals surface area contributed by atoms with Crippen molar-refractivity contribution in [3.63, 3.8) is 0 Å². The van der Waals surface area contributed by atoms with E-state index in [2.05, 4.69) is 36.1 Å². The van der Waals surface area contributed by atoms with Crippen molar-refractivity contribution in [1.82, 2.24) is 4.90 Å². The zero-order chi connectivity index (χ0) is 12.8. The Balaban J connectivity index is 2.14. The maximum atomic E-state index is 9.78. The molecule has 0 bridgehead atoms. The van der Waals surface area contributed by atoms with E-state index < -0.39 is 0 Å². The molecule has 0 aliphatic carbocycles. The number of likely N-dealkylation sites (tertiary alicyclic amines) is 1. The molecular formula is C16H25NO. The van der Waals surface area contributed by atoms with Gasteiger partial charge in [0.1, 0.15) is 0 Å². The zero-order valence-electron chi connectivity index (χ0n) is 11.4. The molecule has 18 heavy (non-hydrogen) atoms. The molecule has 1 aromatic rings. The number of benzene rings is 1. The van der Waals surface area contributed by atoms with Gasteiger partial charge >= 0.3 is 0 Å². The Morgan fingerprint density at radius 2 is 2.06 bits per heavy atom. The van der Waals surface area contributed by atoms with E-state index in [-0.39, 0.29) is 12.6 Å². The van der Waals surface area contributed by atoms with E-state index in [4.69, 9.17) is 0 Å². The Bertz CT molecular complexity index is 336. The molecule has 0 spiro atoms. The number of aliphatic hydroxyl groups is 1. The third kappa shape index (κ3) is 3.12. The van der Waals surface area contributed by atoms with Crippen LogP contribution in [0.5, 0.6) is 0 Å². The topological polar surface area (TPSA) is 23.5 Å². The van der Waals surface area contributed by atoms with Crippen LogP contribution >= 0.6 is 0 Å². The summed E-state index contributed by atoms with van der Waals surface area (Å²) in [5, 5.41) is 9.78. The van der Waals surface area contributed by atoms with E-state index in [1.807, 2.05) is 6.07 Å². The predicted octanol–water partition coefficient (Wildman–Crippen LogP) is 3.37. The molecule has 2 atom stereocenters. The Labute approximate surface area is 111 Å². The molecule has 1 aromatic carbocycles. The molecule has 1 N–H and O–H groups in total. The highest BCUT2D eigenvalue weighted by Gasteiger charge is 2.28. The van der Waals surface area contributed by atoms with Crippen LogP contribution in [-0.2, 0) is 0 Å². The number of aliphatic hydroxyl groups excluding tert-OH is 1. The molecule has 1 saturated heterocycles. The van der Waals surface area contributed by atoms with Crippen LogP contribution < -0.4 is 0 Å². The van der Waals surface area contributed by atoms with Crippen LogP contribution in [0.2, 0.25) is 0 Å². The van der Waals surface area contributed by atoms with Gasteiger partial charge in [-0.3, -0.25) is 4.90 Å². The number of hydrogen-bond donors (Lipinski definition) is 1. The molecule has 0 aromatic heterocycles. The van der Waals surface area contributed by atoms with Crippen molar-refractivity contribution in [3.8, 4) is 0 Å². The molecule has 1 heterocycles. The summed E-state index contributed by atoms with van der Waals surface area (Å²) in [6.45, 7) is 3.61. The normalized spacial score (nSPS) is 22.9. The minimum atomic E-state index is 0.183. The van der Waals surface area contributed by atoms with Crippen LogP contribution in [0.4, 0.5) is 0 Å². The van der Waals surface area contributed by atoms with E-state index in [9.17, 15) is 5.11 Å². The van der Waals surface area contributed by atoms with Crippen molar-refractivity contribution >= 4 is 0 Å². The second-order valence-corrected chi connectivity index (χ2v) is 5.29. The van der Waals surface area contributed by atoms with E-state index in [0.29, 0.717) is 6.04 Å². The Morgan fingerprint density at radius 3 is 2.72 bits per heavy atom. The highest BCUT2D eigenvalue weighted by molar-refractivity contribution is 5.19. The van der Waals surface area contributed by atoms with Gasteiger partial charge in [0.25, 0.3) is 0 Å². The molecule has 0 amide bonds. The van der Waals surface area contributed by atoms with Crippen LogP contribution in [0.15, 0.2) is 30.3 Å². The van der Waals surface area contributed by atoms with Crippen molar-refractivity contribution in [1.29, 1.82) is 0 Å². The highest BCUT2D eigenvalue weighted by atomic mass is 16.3. The molecule has 2 rings (SSSR count). The van der Waals surface area contributed by atoms with E-state index >= 15 is 0 Å².